The smallest absolute Gasteiger partial charge is 0.282 e. The molecule has 0 atom stereocenters. The highest BCUT2D eigenvalue weighted by Crippen LogP contribution is 2.37. The molecule has 0 fully saturated rings. The van der Waals surface area contributed by atoms with E-state index in [0.717, 1.165) is 11.3 Å². The van der Waals surface area contributed by atoms with E-state index in [9.17, 15) is 9.59 Å². The number of rotatable bonds is 6. The lowest BCUT2D eigenvalue weighted by Crippen LogP contribution is -2.32. The van der Waals surface area contributed by atoms with Crippen molar-refractivity contribution in [3.05, 3.63) is 89.6 Å². The summed E-state index contributed by atoms with van der Waals surface area (Å²) in [5.41, 5.74) is 4.31. The van der Waals surface area contributed by atoms with E-state index in [1.54, 1.807) is 25.3 Å². The van der Waals surface area contributed by atoms with Gasteiger partial charge in [-0.25, -0.2) is 4.90 Å². The van der Waals surface area contributed by atoms with Crippen molar-refractivity contribution in [2.75, 3.05) is 36.3 Å². The third-order valence-corrected chi connectivity index (χ3v) is 5.37. The SMILES string of the molecule is COc1ccccc1C1=C(Nc2ccc(N(C)C)cc2)C(=O)N(c2cccc(C)c2)C1=O. The highest BCUT2D eigenvalue weighted by Gasteiger charge is 2.41. The molecule has 0 saturated carbocycles. The lowest BCUT2D eigenvalue weighted by Gasteiger charge is -2.16. The lowest BCUT2D eigenvalue weighted by molar-refractivity contribution is -0.120. The van der Waals surface area contributed by atoms with Gasteiger partial charge in [0, 0.05) is 31.0 Å². The summed E-state index contributed by atoms with van der Waals surface area (Å²) in [6.07, 6.45) is 0. The van der Waals surface area contributed by atoms with Gasteiger partial charge in [0.15, 0.2) is 0 Å². The maximum atomic E-state index is 13.6. The van der Waals surface area contributed by atoms with Crippen LogP contribution >= 0.6 is 0 Å². The average molecular weight is 428 g/mol. The second-order valence-corrected chi connectivity index (χ2v) is 7.80. The molecule has 0 spiro atoms. The molecule has 6 nitrogen and oxygen atoms in total. The topological polar surface area (TPSA) is 61.9 Å². The largest absolute Gasteiger partial charge is 0.496 e. The summed E-state index contributed by atoms with van der Waals surface area (Å²) in [6.45, 7) is 1.93. The van der Waals surface area contributed by atoms with Crippen LogP contribution in [-0.2, 0) is 9.59 Å². The molecule has 0 aliphatic carbocycles. The number of imide groups is 1. The van der Waals surface area contributed by atoms with Crippen LogP contribution in [-0.4, -0.2) is 33.0 Å². The second kappa shape index (κ2) is 8.59. The standard InChI is InChI=1S/C26H25N3O3/c1-17-8-7-9-20(16-17)29-25(30)23(21-10-5-6-11-22(21)32-4)24(26(29)31)27-18-12-14-19(15-13-18)28(2)3/h5-16,27H,1-4H3. The number of aryl methyl sites for hydroxylation is 1. The Bertz CT molecular complexity index is 1210. The van der Waals surface area contributed by atoms with Crippen LogP contribution in [0.5, 0.6) is 5.75 Å². The number of carbonyl (C=O) groups is 2. The summed E-state index contributed by atoms with van der Waals surface area (Å²) in [4.78, 5) is 30.3. The van der Waals surface area contributed by atoms with E-state index >= 15 is 0 Å². The predicted octanol–water partition coefficient (Wildman–Crippen LogP) is 4.47. The Balaban J connectivity index is 1.82. The average Bonchev–Trinajstić information content (AvgIpc) is 3.03. The van der Waals surface area contributed by atoms with Gasteiger partial charge < -0.3 is 15.0 Å². The Kier molecular flexibility index (Phi) is 5.69. The molecule has 3 aromatic carbocycles. The monoisotopic (exact) mass is 427 g/mol. The van der Waals surface area contributed by atoms with E-state index in [2.05, 4.69) is 5.32 Å². The quantitative estimate of drug-likeness (QED) is 0.589. The number of hydrogen-bond acceptors (Lipinski definition) is 5. The Hall–Kier alpha value is -4.06. The molecule has 0 bridgehead atoms. The van der Waals surface area contributed by atoms with Crippen LogP contribution in [0.1, 0.15) is 11.1 Å². The fourth-order valence-electron chi connectivity index (χ4n) is 3.74. The van der Waals surface area contributed by atoms with Gasteiger partial charge in [-0.3, -0.25) is 9.59 Å². The highest BCUT2D eigenvalue weighted by atomic mass is 16.5. The first-order valence-corrected chi connectivity index (χ1v) is 10.3. The Morgan fingerprint density at radius 3 is 2.25 bits per heavy atom. The zero-order valence-corrected chi connectivity index (χ0v) is 18.5. The first kappa shape index (κ1) is 21.2. The molecule has 0 radical (unpaired) electrons. The van der Waals surface area contributed by atoms with E-state index in [1.807, 2.05) is 80.5 Å². The van der Waals surface area contributed by atoms with Crippen molar-refractivity contribution in [2.45, 2.75) is 6.92 Å². The van der Waals surface area contributed by atoms with Gasteiger partial charge in [-0.2, -0.15) is 0 Å². The van der Waals surface area contributed by atoms with E-state index in [-0.39, 0.29) is 11.3 Å². The fourth-order valence-corrected chi connectivity index (χ4v) is 3.74. The van der Waals surface area contributed by atoms with Crippen molar-refractivity contribution < 1.29 is 14.3 Å². The molecule has 4 rings (SSSR count). The van der Waals surface area contributed by atoms with Crippen molar-refractivity contribution in [1.29, 1.82) is 0 Å². The normalized spacial score (nSPS) is 13.6. The minimum absolute atomic E-state index is 0.221. The fraction of sp³-hybridized carbons (Fsp3) is 0.154. The summed E-state index contributed by atoms with van der Waals surface area (Å²) in [6, 6.07) is 22.2. The van der Waals surface area contributed by atoms with Gasteiger partial charge in [-0.1, -0.05) is 30.3 Å². The molecule has 1 heterocycles. The number of amides is 2. The second-order valence-electron chi connectivity index (χ2n) is 7.80. The van der Waals surface area contributed by atoms with Crippen LogP contribution in [0.3, 0.4) is 0 Å². The Morgan fingerprint density at radius 1 is 0.875 bits per heavy atom. The zero-order chi connectivity index (χ0) is 22.8. The van der Waals surface area contributed by atoms with Crippen LogP contribution in [0.25, 0.3) is 5.57 Å². The molecule has 3 aromatic rings. The number of nitrogens with one attached hydrogen (secondary N) is 1. The first-order chi connectivity index (χ1) is 15.4. The van der Waals surface area contributed by atoms with E-state index in [4.69, 9.17) is 4.74 Å². The van der Waals surface area contributed by atoms with Gasteiger partial charge in [0.1, 0.15) is 11.4 Å². The summed E-state index contributed by atoms with van der Waals surface area (Å²) in [5.74, 6) is -0.271. The predicted molar refractivity (Wildman–Crippen MR) is 128 cm³/mol. The third kappa shape index (κ3) is 3.83. The van der Waals surface area contributed by atoms with Gasteiger partial charge in [0.05, 0.1) is 18.4 Å². The van der Waals surface area contributed by atoms with Gasteiger partial charge in [-0.05, 0) is 55.0 Å². The molecule has 6 heteroatoms. The van der Waals surface area contributed by atoms with Gasteiger partial charge >= 0.3 is 0 Å². The maximum absolute atomic E-state index is 13.6. The van der Waals surface area contributed by atoms with E-state index < -0.39 is 11.8 Å². The van der Waals surface area contributed by atoms with Crippen LogP contribution < -0.4 is 19.9 Å². The molecule has 2 amide bonds. The van der Waals surface area contributed by atoms with Crippen LogP contribution in [0.2, 0.25) is 0 Å². The number of ether oxygens (including phenoxy) is 1. The number of hydrogen-bond donors (Lipinski definition) is 1. The van der Waals surface area contributed by atoms with Crippen molar-refractivity contribution in [3.8, 4) is 5.75 Å². The van der Waals surface area contributed by atoms with Crippen molar-refractivity contribution in [3.63, 3.8) is 0 Å². The summed E-state index contributed by atoms with van der Waals surface area (Å²) in [5, 5.41) is 3.19. The van der Waals surface area contributed by atoms with Crippen molar-refractivity contribution >= 4 is 34.4 Å². The summed E-state index contributed by atoms with van der Waals surface area (Å²) >= 11 is 0. The van der Waals surface area contributed by atoms with Crippen LogP contribution in [0.4, 0.5) is 17.1 Å². The van der Waals surface area contributed by atoms with Crippen LogP contribution in [0.15, 0.2) is 78.5 Å². The molecule has 1 aliphatic rings. The van der Waals surface area contributed by atoms with Crippen molar-refractivity contribution in [2.24, 2.45) is 0 Å². The van der Waals surface area contributed by atoms with Crippen LogP contribution in [0, 0.1) is 6.92 Å². The summed E-state index contributed by atoms with van der Waals surface area (Å²) in [7, 11) is 5.47. The van der Waals surface area contributed by atoms with E-state index in [1.165, 1.54) is 4.90 Å². The zero-order valence-electron chi connectivity index (χ0n) is 18.5. The first-order valence-electron chi connectivity index (χ1n) is 10.3. The molecule has 1 N–H and O–H groups in total. The molecule has 0 unspecified atom stereocenters. The number of benzene rings is 3. The Labute approximate surface area is 187 Å². The molecular formula is C26H25N3O3. The van der Waals surface area contributed by atoms with Gasteiger partial charge in [-0.15, -0.1) is 0 Å². The van der Waals surface area contributed by atoms with Crippen molar-refractivity contribution in [1.82, 2.24) is 0 Å². The van der Waals surface area contributed by atoms with Gasteiger partial charge in [0.25, 0.3) is 11.8 Å². The summed E-state index contributed by atoms with van der Waals surface area (Å²) < 4.78 is 5.49. The maximum Gasteiger partial charge on any atom is 0.282 e. The lowest BCUT2D eigenvalue weighted by atomic mass is 10.0. The van der Waals surface area contributed by atoms with Gasteiger partial charge in [0.2, 0.25) is 0 Å². The number of methoxy groups -OCH3 is 1. The highest BCUT2D eigenvalue weighted by molar-refractivity contribution is 6.46. The molecule has 1 aliphatic heterocycles. The molecule has 0 aromatic heterocycles. The number of para-hydroxylation sites is 1. The number of nitrogens with zero attached hydrogens (tertiary/aromatic N) is 2. The molecular weight excluding hydrogens is 402 g/mol. The number of anilines is 3. The minimum Gasteiger partial charge on any atom is -0.496 e. The molecule has 32 heavy (non-hydrogen) atoms. The Morgan fingerprint density at radius 2 is 1.59 bits per heavy atom. The third-order valence-electron chi connectivity index (χ3n) is 5.37. The molecule has 162 valence electrons. The number of carbonyl (C=O) groups excluding carboxylic acids is 2. The van der Waals surface area contributed by atoms with E-state index in [0.29, 0.717) is 22.7 Å². The molecule has 0 saturated heterocycles. The minimum atomic E-state index is -0.404.